The van der Waals surface area contributed by atoms with Crippen LogP contribution >= 0.6 is 0 Å². The minimum Gasteiger partial charge on any atom is -0.378 e. The van der Waals surface area contributed by atoms with Gasteiger partial charge in [-0.3, -0.25) is 4.79 Å². The average molecular weight is 333 g/mol. The van der Waals surface area contributed by atoms with Crippen molar-refractivity contribution in [3.05, 3.63) is 83.9 Å². The number of aliphatic hydroxyl groups is 1. The maximum atomic E-state index is 11.6. The normalized spacial score (nSPS) is 16.0. The monoisotopic (exact) mass is 333 g/mol. The van der Waals surface area contributed by atoms with E-state index in [-0.39, 0.29) is 5.91 Å². The number of benzene rings is 2. The maximum absolute atomic E-state index is 11.6. The fourth-order valence-electron chi connectivity index (χ4n) is 3.35. The molecule has 0 aliphatic carbocycles. The van der Waals surface area contributed by atoms with Gasteiger partial charge in [-0.05, 0) is 29.2 Å². The Morgan fingerprint density at radius 1 is 1.12 bits per heavy atom. The highest BCUT2D eigenvalue weighted by Crippen LogP contribution is 2.34. The second-order valence-electron chi connectivity index (χ2n) is 6.38. The van der Waals surface area contributed by atoms with E-state index in [0.717, 1.165) is 22.4 Å². The zero-order valence-corrected chi connectivity index (χ0v) is 13.7. The lowest BCUT2D eigenvalue weighted by molar-refractivity contribution is -0.116. The smallest absolute Gasteiger partial charge is 0.224 e. The van der Waals surface area contributed by atoms with Crippen LogP contribution in [0.1, 0.15) is 23.1 Å². The molecule has 0 saturated carbocycles. The lowest BCUT2D eigenvalue weighted by Crippen LogP contribution is -2.33. The number of anilines is 1. The van der Waals surface area contributed by atoms with E-state index in [4.69, 9.17) is 0 Å². The lowest BCUT2D eigenvalue weighted by atomic mass is 9.84. The second-order valence-corrected chi connectivity index (χ2v) is 6.38. The van der Waals surface area contributed by atoms with Crippen molar-refractivity contribution < 1.29 is 9.90 Å². The summed E-state index contributed by atoms with van der Waals surface area (Å²) >= 11 is 0. The first-order valence-electron chi connectivity index (χ1n) is 8.32. The first kappa shape index (κ1) is 15.6. The third-order valence-corrected chi connectivity index (χ3v) is 4.70. The molecule has 2 aromatic carbocycles. The fraction of sp³-hybridized carbons (Fsp3) is 0.200. The minimum atomic E-state index is -1.18. The predicted octanol–water partition coefficient (Wildman–Crippen LogP) is 2.70. The number of amides is 1. The Morgan fingerprint density at radius 3 is 2.72 bits per heavy atom. The topological polar surface area (TPSA) is 67.1 Å². The van der Waals surface area contributed by atoms with Gasteiger partial charge in [0.25, 0.3) is 0 Å². The largest absolute Gasteiger partial charge is 0.378 e. The van der Waals surface area contributed by atoms with E-state index in [1.54, 1.807) is 12.5 Å². The molecular weight excluding hydrogens is 314 g/mol. The summed E-state index contributed by atoms with van der Waals surface area (Å²) in [7, 11) is 0. The number of nitrogens with zero attached hydrogens (tertiary/aromatic N) is 2. The van der Waals surface area contributed by atoms with E-state index in [2.05, 4.69) is 10.3 Å². The number of carbonyl (C=O) groups is 1. The van der Waals surface area contributed by atoms with Gasteiger partial charge in [-0.1, -0.05) is 42.5 Å². The molecule has 1 atom stereocenters. The van der Waals surface area contributed by atoms with Gasteiger partial charge in [-0.25, -0.2) is 4.98 Å². The van der Waals surface area contributed by atoms with Crippen molar-refractivity contribution in [2.24, 2.45) is 0 Å². The Balaban J connectivity index is 1.79. The summed E-state index contributed by atoms with van der Waals surface area (Å²) in [5, 5.41) is 14.5. The van der Waals surface area contributed by atoms with E-state index < -0.39 is 5.60 Å². The molecule has 0 saturated heterocycles. The molecule has 1 unspecified atom stereocenters. The van der Waals surface area contributed by atoms with Crippen LogP contribution in [0.25, 0.3) is 0 Å². The van der Waals surface area contributed by atoms with E-state index in [0.29, 0.717) is 19.4 Å². The van der Waals surface area contributed by atoms with Crippen LogP contribution in [0.15, 0.2) is 67.3 Å². The molecule has 1 aliphatic heterocycles. The van der Waals surface area contributed by atoms with Crippen LogP contribution in [0.5, 0.6) is 0 Å². The van der Waals surface area contributed by atoms with Crippen molar-refractivity contribution in [2.75, 3.05) is 5.32 Å². The number of rotatable bonds is 4. The van der Waals surface area contributed by atoms with Crippen molar-refractivity contribution in [3.63, 3.8) is 0 Å². The average Bonchev–Trinajstić information content (AvgIpc) is 3.14. The van der Waals surface area contributed by atoms with Crippen molar-refractivity contribution >= 4 is 11.6 Å². The van der Waals surface area contributed by atoms with Gasteiger partial charge in [-0.15, -0.1) is 0 Å². The Labute approximate surface area is 146 Å². The summed E-state index contributed by atoms with van der Waals surface area (Å²) in [4.78, 5) is 15.6. The molecule has 0 bridgehead atoms. The molecule has 2 heterocycles. The van der Waals surface area contributed by atoms with Gasteiger partial charge in [0, 0.05) is 24.5 Å². The molecule has 0 radical (unpaired) electrons. The standard InChI is InChI=1S/C20H19N3O2/c24-19-9-6-15-12-17(7-8-18(15)22-19)20(25,13-23-11-10-21-14-23)16-4-2-1-3-5-16/h1-5,7-8,10-12,14,25H,6,9,13H2,(H,22,24). The highest BCUT2D eigenvalue weighted by Gasteiger charge is 2.33. The predicted molar refractivity (Wildman–Crippen MR) is 95.1 cm³/mol. The van der Waals surface area contributed by atoms with E-state index >= 15 is 0 Å². The molecule has 0 fully saturated rings. The van der Waals surface area contributed by atoms with Crippen LogP contribution in [-0.2, 0) is 23.4 Å². The number of nitrogens with one attached hydrogen (secondary N) is 1. The van der Waals surface area contributed by atoms with Crippen molar-refractivity contribution in [3.8, 4) is 0 Å². The lowest BCUT2D eigenvalue weighted by Gasteiger charge is -2.31. The Bertz CT molecular complexity index is 891. The summed E-state index contributed by atoms with van der Waals surface area (Å²) < 4.78 is 1.87. The molecule has 1 aliphatic rings. The molecule has 5 nitrogen and oxygen atoms in total. The first-order valence-corrected chi connectivity index (χ1v) is 8.32. The number of hydrogen-bond donors (Lipinski definition) is 2. The maximum Gasteiger partial charge on any atom is 0.224 e. The van der Waals surface area contributed by atoms with Crippen LogP contribution in [0.4, 0.5) is 5.69 Å². The first-order chi connectivity index (χ1) is 12.1. The number of aryl methyl sites for hydroxylation is 1. The van der Waals surface area contributed by atoms with Crippen molar-refractivity contribution in [1.82, 2.24) is 9.55 Å². The molecule has 126 valence electrons. The Kier molecular flexibility index (Phi) is 3.86. The molecule has 25 heavy (non-hydrogen) atoms. The number of imidazole rings is 1. The zero-order chi connectivity index (χ0) is 17.3. The third kappa shape index (κ3) is 2.94. The van der Waals surface area contributed by atoms with Crippen LogP contribution < -0.4 is 5.32 Å². The molecule has 0 spiro atoms. The summed E-state index contributed by atoms with van der Waals surface area (Å²) in [6.45, 7) is 0.363. The molecule has 2 N–H and O–H groups in total. The molecular formula is C20H19N3O2. The second kappa shape index (κ2) is 6.18. The van der Waals surface area contributed by atoms with Gasteiger partial charge >= 0.3 is 0 Å². The van der Waals surface area contributed by atoms with Crippen LogP contribution in [0.3, 0.4) is 0 Å². The van der Waals surface area contributed by atoms with E-state index in [9.17, 15) is 9.90 Å². The summed E-state index contributed by atoms with van der Waals surface area (Å²) in [6.07, 6.45) is 6.40. The number of carbonyl (C=O) groups excluding carboxylic acids is 1. The van der Waals surface area contributed by atoms with Gasteiger partial charge < -0.3 is 15.0 Å². The van der Waals surface area contributed by atoms with E-state index in [1.807, 2.05) is 59.3 Å². The van der Waals surface area contributed by atoms with Crippen LogP contribution in [0.2, 0.25) is 0 Å². The van der Waals surface area contributed by atoms with Crippen LogP contribution in [-0.4, -0.2) is 20.6 Å². The molecule has 1 aromatic heterocycles. The minimum absolute atomic E-state index is 0.0389. The number of aromatic nitrogens is 2. The highest BCUT2D eigenvalue weighted by atomic mass is 16.3. The van der Waals surface area contributed by atoms with Gasteiger partial charge in [-0.2, -0.15) is 0 Å². The molecule has 3 aromatic rings. The van der Waals surface area contributed by atoms with Crippen molar-refractivity contribution in [1.29, 1.82) is 0 Å². The van der Waals surface area contributed by atoms with E-state index in [1.165, 1.54) is 0 Å². The van der Waals surface area contributed by atoms with Gasteiger partial charge in [0.2, 0.25) is 5.91 Å². The van der Waals surface area contributed by atoms with Gasteiger partial charge in [0.1, 0.15) is 5.60 Å². The fourth-order valence-corrected chi connectivity index (χ4v) is 3.35. The van der Waals surface area contributed by atoms with Gasteiger partial charge in [0.05, 0.1) is 12.9 Å². The quantitative estimate of drug-likeness (QED) is 0.771. The zero-order valence-electron chi connectivity index (χ0n) is 13.7. The third-order valence-electron chi connectivity index (χ3n) is 4.70. The summed E-state index contributed by atoms with van der Waals surface area (Å²) in [5.41, 5.74) is 2.33. The summed E-state index contributed by atoms with van der Waals surface area (Å²) in [5.74, 6) is 0.0389. The highest BCUT2D eigenvalue weighted by molar-refractivity contribution is 5.93. The Morgan fingerprint density at radius 2 is 1.96 bits per heavy atom. The number of hydrogen-bond acceptors (Lipinski definition) is 3. The van der Waals surface area contributed by atoms with Gasteiger partial charge in [0.15, 0.2) is 0 Å². The van der Waals surface area contributed by atoms with Crippen molar-refractivity contribution in [2.45, 2.75) is 25.0 Å². The number of fused-ring (bicyclic) bond motifs is 1. The Hall–Kier alpha value is -2.92. The van der Waals surface area contributed by atoms with Crippen LogP contribution in [0, 0.1) is 0 Å². The molecule has 5 heteroatoms. The molecule has 4 rings (SSSR count). The molecule has 1 amide bonds. The SMILES string of the molecule is O=C1CCc2cc(C(O)(Cn3ccnc3)c3ccccc3)ccc2N1. The summed E-state index contributed by atoms with van der Waals surface area (Å²) in [6, 6.07) is 15.4.